The molecule has 3 rings (SSSR count). The van der Waals surface area contributed by atoms with Crippen LogP contribution in [0, 0.1) is 0 Å². The van der Waals surface area contributed by atoms with Crippen molar-refractivity contribution in [1.82, 2.24) is 15.0 Å². The Hall–Kier alpha value is -3.24. The van der Waals surface area contributed by atoms with Gasteiger partial charge in [0.2, 0.25) is 0 Å². The molecule has 0 aliphatic carbocycles. The van der Waals surface area contributed by atoms with Gasteiger partial charge in [-0.05, 0) is 41.9 Å². The summed E-state index contributed by atoms with van der Waals surface area (Å²) in [5, 5.41) is 3.66. The smallest absolute Gasteiger partial charge is 0.0898 e. The minimum Gasteiger partial charge on any atom is -0.255 e. The number of nitrogens with zero attached hydrogens (tertiary/aromatic N) is 6. The molecule has 0 fully saturated rings. The number of rotatable bonds is 3. The molecular weight excluding hydrogens is 264 g/mol. The van der Waals surface area contributed by atoms with Crippen LogP contribution in [0.2, 0.25) is 0 Å². The normalized spacial score (nSPS) is 9.90. The van der Waals surface area contributed by atoms with E-state index in [9.17, 15) is 0 Å². The van der Waals surface area contributed by atoms with Crippen LogP contribution < -0.4 is 0 Å². The third-order valence-corrected chi connectivity index (χ3v) is 2.82. The van der Waals surface area contributed by atoms with Crippen molar-refractivity contribution >= 4 is 5.69 Å². The maximum atomic E-state index is 8.65. The van der Waals surface area contributed by atoms with Crippen molar-refractivity contribution in [3.05, 3.63) is 71.4 Å². The van der Waals surface area contributed by atoms with E-state index in [1.165, 1.54) is 0 Å². The number of hydrogen-bond donors (Lipinski definition) is 0. The van der Waals surface area contributed by atoms with Crippen LogP contribution in [0.1, 0.15) is 0 Å². The van der Waals surface area contributed by atoms with Gasteiger partial charge in [0.15, 0.2) is 0 Å². The minimum absolute atomic E-state index is 0.480. The topological polar surface area (TPSA) is 87.4 Å². The molecule has 0 unspecified atom stereocenters. The van der Waals surface area contributed by atoms with Gasteiger partial charge in [-0.15, -0.1) is 0 Å². The van der Waals surface area contributed by atoms with E-state index in [1.807, 2.05) is 36.4 Å². The first-order valence-electron chi connectivity index (χ1n) is 6.27. The summed E-state index contributed by atoms with van der Waals surface area (Å²) in [6.45, 7) is 0. The average Bonchev–Trinajstić information content (AvgIpc) is 2.56. The van der Waals surface area contributed by atoms with E-state index in [4.69, 9.17) is 5.53 Å². The van der Waals surface area contributed by atoms with Gasteiger partial charge in [0.25, 0.3) is 0 Å². The second kappa shape index (κ2) is 5.81. The fraction of sp³-hybridized carbons (Fsp3) is 0. The number of azide groups is 1. The molecule has 3 aromatic rings. The SMILES string of the molecule is [N-]=[N+]=Nc1cc(-c2ccccn2)nc(-c2ccccn2)c1. The highest BCUT2D eigenvalue weighted by Gasteiger charge is 2.07. The summed E-state index contributed by atoms with van der Waals surface area (Å²) in [7, 11) is 0. The lowest BCUT2D eigenvalue weighted by Crippen LogP contribution is -1.91. The van der Waals surface area contributed by atoms with E-state index in [-0.39, 0.29) is 0 Å². The van der Waals surface area contributed by atoms with Gasteiger partial charge < -0.3 is 0 Å². The van der Waals surface area contributed by atoms with Crippen molar-refractivity contribution in [2.45, 2.75) is 0 Å². The lowest BCUT2D eigenvalue weighted by atomic mass is 10.1. The Morgan fingerprint density at radius 2 is 1.38 bits per heavy atom. The molecule has 3 aromatic heterocycles. The molecule has 21 heavy (non-hydrogen) atoms. The van der Waals surface area contributed by atoms with Crippen molar-refractivity contribution in [3.63, 3.8) is 0 Å². The van der Waals surface area contributed by atoms with Crippen molar-refractivity contribution < 1.29 is 0 Å². The Kier molecular flexibility index (Phi) is 3.54. The van der Waals surface area contributed by atoms with E-state index in [2.05, 4.69) is 25.0 Å². The van der Waals surface area contributed by atoms with Crippen molar-refractivity contribution in [1.29, 1.82) is 0 Å². The van der Waals surface area contributed by atoms with Crippen LogP contribution in [0.3, 0.4) is 0 Å². The van der Waals surface area contributed by atoms with Gasteiger partial charge in [0.1, 0.15) is 0 Å². The first-order chi connectivity index (χ1) is 10.4. The third-order valence-electron chi connectivity index (χ3n) is 2.82. The third kappa shape index (κ3) is 2.86. The van der Waals surface area contributed by atoms with Crippen molar-refractivity contribution in [2.75, 3.05) is 0 Å². The number of aromatic nitrogens is 3. The second-order valence-corrected chi connectivity index (χ2v) is 4.22. The second-order valence-electron chi connectivity index (χ2n) is 4.22. The quantitative estimate of drug-likeness (QED) is 0.408. The highest BCUT2D eigenvalue weighted by molar-refractivity contribution is 5.67. The predicted molar refractivity (Wildman–Crippen MR) is 79.5 cm³/mol. The van der Waals surface area contributed by atoms with E-state index >= 15 is 0 Å². The Balaban J connectivity index is 2.18. The molecule has 0 saturated carbocycles. The average molecular weight is 274 g/mol. The number of pyridine rings is 3. The summed E-state index contributed by atoms with van der Waals surface area (Å²) in [5.41, 5.74) is 11.8. The predicted octanol–water partition coefficient (Wildman–Crippen LogP) is 4.15. The van der Waals surface area contributed by atoms with Gasteiger partial charge in [0, 0.05) is 23.0 Å². The molecule has 0 spiro atoms. The number of hydrogen-bond acceptors (Lipinski definition) is 4. The Morgan fingerprint density at radius 3 is 1.81 bits per heavy atom. The highest BCUT2D eigenvalue weighted by Crippen LogP contribution is 2.26. The molecule has 6 nitrogen and oxygen atoms in total. The van der Waals surface area contributed by atoms with Crippen molar-refractivity contribution in [2.24, 2.45) is 5.11 Å². The van der Waals surface area contributed by atoms with E-state index in [0.717, 1.165) is 0 Å². The molecule has 0 saturated heterocycles. The molecule has 100 valence electrons. The van der Waals surface area contributed by atoms with Crippen LogP contribution in [-0.4, -0.2) is 15.0 Å². The molecule has 0 radical (unpaired) electrons. The maximum absolute atomic E-state index is 8.65. The summed E-state index contributed by atoms with van der Waals surface area (Å²) >= 11 is 0. The molecule has 0 amide bonds. The zero-order valence-electron chi connectivity index (χ0n) is 11.0. The fourth-order valence-corrected chi connectivity index (χ4v) is 1.92. The molecule has 3 heterocycles. The summed E-state index contributed by atoms with van der Waals surface area (Å²) < 4.78 is 0. The van der Waals surface area contributed by atoms with Crippen LogP contribution in [0.25, 0.3) is 33.2 Å². The van der Waals surface area contributed by atoms with Crippen molar-refractivity contribution in [3.8, 4) is 22.8 Å². The summed E-state index contributed by atoms with van der Waals surface area (Å²) in [5.74, 6) is 0. The molecule has 0 bridgehead atoms. The van der Waals surface area contributed by atoms with Gasteiger partial charge in [-0.25, -0.2) is 4.98 Å². The van der Waals surface area contributed by atoms with Gasteiger partial charge in [-0.1, -0.05) is 17.2 Å². The monoisotopic (exact) mass is 274 g/mol. The van der Waals surface area contributed by atoms with Gasteiger partial charge >= 0.3 is 0 Å². The molecule has 0 aromatic carbocycles. The summed E-state index contributed by atoms with van der Waals surface area (Å²) in [6, 6.07) is 14.5. The summed E-state index contributed by atoms with van der Waals surface area (Å²) in [6.07, 6.45) is 3.38. The molecule has 0 N–H and O–H groups in total. The molecule has 0 aliphatic rings. The molecule has 0 atom stereocenters. The standard InChI is InChI=1S/C15H10N6/c16-21-20-11-9-14(12-5-1-3-7-17-12)19-15(10-11)13-6-2-4-8-18-13/h1-10H. The van der Waals surface area contributed by atoms with Crippen LogP contribution in [0.15, 0.2) is 66.0 Å². The zero-order valence-corrected chi connectivity index (χ0v) is 11.0. The Morgan fingerprint density at radius 1 is 0.810 bits per heavy atom. The highest BCUT2D eigenvalue weighted by atomic mass is 15.1. The fourth-order valence-electron chi connectivity index (χ4n) is 1.92. The first kappa shape index (κ1) is 12.8. The first-order valence-corrected chi connectivity index (χ1v) is 6.27. The van der Waals surface area contributed by atoms with E-state index in [0.29, 0.717) is 28.5 Å². The van der Waals surface area contributed by atoms with Crippen LogP contribution in [-0.2, 0) is 0 Å². The van der Waals surface area contributed by atoms with Crippen LogP contribution in [0.4, 0.5) is 5.69 Å². The summed E-state index contributed by atoms with van der Waals surface area (Å²) in [4.78, 5) is 15.9. The molecular formula is C15H10N6. The lowest BCUT2D eigenvalue weighted by Gasteiger charge is -2.05. The Bertz CT molecular complexity index is 737. The van der Waals surface area contributed by atoms with E-state index in [1.54, 1.807) is 24.5 Å². The van der Waals surface area contributed by atoms with Crippen LogP contribution >= 0.6 is 0 Å². The maximum Gasteiger partial charge on any atom is 0.0898 e. The van der Waals surface area contributed by atoms with Crippen LogP contribution in [0.5, 0.6) is 0 Å². The van der Waals surface area contributed by atoms with Gasteiger partial charge in [-0.2, -0.15) is 0 Å². The zero-order chi connectivity index (χ0) is 14.5. The van der Waals surface area contributed by atoms with Gasteiger partial charge in [0.05, 0.1) is 22.8 Å². The molecule has 6 heteroatoms. The Labute approximate surface area is 120 Å². The minimum atomic E-state index is 0.480. The largest absolute Gasteiger partial charge is 0.255 e. The van der Waals surface area contributed by atoms with E-state index < -0.39 is 0 Å². The van der Waals surface area contributed by atoms with Gasteiger partial charge in [-0.3, -0.25) is 9.97 Å². The lowest BCUT2D eigenvalue weighted by molar-refractivity contribution is 1.21. The molecule has 0 aliphatic heterocycles.